The summed E-state index contributed by atoms with van der Waals surface area (Å²) in [6.45, 7) is 1.08. The van der Waals surface area contributed by atoms with Crippen LogP contribution in [0, 0.1) is 0 Å². The third kappa shape index (κ3) is 4.98. The lowest BCUT2D eigenvalue weighted by Crippen LogP contribution is -2.26. The summed E-state index contributed by atoms with van der Waals surface area (Å²) in [6, 6.07) is 4.78. The zero-order chi connectivity index (χ0) is 17.7. The SMILES string of the molecule is CCn1cc(Br)cc1C(=O)NCc1cccnc1OCC(F)(F)F. The van der Waals surface area contributed by atoms with Crippen LogP contribution in [0.5, 0.6) is 5.88 Å². The van der Waals surface area contributed by atoms with E-state index in [0.717, 1.165) is 4.47 Å². The lowest BCUT2D eigenvalue weighted by molar-refractivity contribution is -0.154. The lowest BCUT2D eigenvalue weighted by Gasteiger charge is -2.13. The Labute approximate surface area is 145 Å². The number of carbonyl (C=O) groups excluding carboxylic acids is 1. The maximum absolute atomic E-state index is 12.3. The van der Waals surface area contributed by atoms with Crippen LogP contribution in [0.25, 0.3) is 0 Å². The van der Waals surface area contributed by atoms with Crippen LogP contribution >= 0.6 is 15.9 Å². The first kappa shape index (κ1) is 18.3. The van der Waals surface area contributed by atoms with E-state index in [-0.39, 0.29) is 18.3 Å². The van der Waals surface area contributed by atoms with Crippen LogP contribution in [-0.4, -0.2) is 28.2 Å². The van der Waals surface area contributed by atoms with Gasteiger partial charge in [0.1, 0.15) is 5.69 Å². The zero-order valence-electron chi connectivity index (χ0n) is 12.7. The Kier molecular flexibility index (Phi) is 5.87. The molecule has 0 aromatic carbocycles. The molecule has 9 heteroatoms. The average Bonchev–Trinajstić information content (AvgIpc) is 2.91. The molecule has 0 saturated heterocycles. The minimum Gasteiger partial charge on any atom is -0.468 e. The molecular formula is C15H15BrF3N3O2. The van der Waals surface area contributed by atoms with Gasteiger partial charge in [-0.1, -0.05) is 6.07 Å². The van der Waals surface area contributed by atoms with Crippen molar-refractivity contribution >= 4 is 21.8 Å². The Hall–Kier alpha value is -2.03. The van der Waals surface area contributed by atoms with Gasteiger partial charge in [-0.2, -0.15) is 13.2 Å². The Balaban J connectivity index is 2.05. The van der Waals surface area contributed by atoms with Gasteiger partial charge in [0.2, 0.25) is 5.88 Å². The van der Waals surface area contributed by atoms with Crippen molar-refractivity contribution in [2.45, 2.75) is 26.2 Å². The molecule has 0 spiro atoms. The predicted molar refractivity (Wildman–Crippen MR) is 84.8 cm³/mol. The number of amides is 1. The van der Waals surface area contributed by atoms with Gasteiger partial charge in [0.05, 0.1) is 0 Å². The van der Waals surface area contributed by atoms with Crippen LogP contribution in [0.3, 0.4) is 0 Å². The van der Waals surface area contributed by atoms with E-state index in [0.29, 0.717) is 17.8 Å². The first-order chi connectivity index (χ1) is 11.3. The van der Waals surface area contributed by atoms with Crippen molar-refractivity contribution in [2.75, 3.05) is 6.61 Å². The molecule has 2 rings (SSSR count). The number of nitrogens with one attached hydrogen (secondary N) is 1. The van der Waals surface area contributed by atoms with Crippen LogP contribution in [0.2, 0.25) is 0 Å². The topological polar surface area (TPSA) is 56.2 Å². The number of nitrogens with zero attached hydrogens (tertiary/aromatic N) is 2. The van der Waals surface area contributed by atoms with Crippen molar-refractivity contribution in [3.63, 3.8) is 0 Å². The Morgan fingerprint density at radius 1 is 1.46 bits per heavy atom. The molecule has 0 atom stereocenters. The Bertz CT molecular complexity index is 716. The summed E-state index contributed by atoms with van der Waals surface area (Å²) in [7, 11) is 0. The first-order valence-electron chi connectivity index (χ1n) is 7.07. The molecule has 2 aromatic heterocycles. The minimum absolute atomic E-state index is 0.00633. The molecule has 0 bridgehead atoms. The molecule has 0 aliphatic rings. The highest BCUT2D eigenvalue weighted by Crippen LogP contribution is 2.20. The maximum atomic E-state index is 12.3. The number of aromatic nitrogens is 2. The zero-order valence-corrected chi connectivity index (χ0v) is 14.3. The largest absolute Gasteiger partial charge is 0.468 e. The van der Waals surface area contributed by atoms with Gasteiger partial charge in [-0.05, 0) is 35.0 Å². The molecule has 2 aromatic rings. The van der Waals surface area contributed by atoms with Crippen LogP contribution in [0.4, 0.5) is 13.2 Å². The van der Waals surface area contributed by atoms with Gasteiger partial charge in [-0.25, -0.2) is 4.98 Å². The Morgan fingerprint density at radius 3 is 2.88 bits per heavy atom. The summed E-state index contributed by atoms with van der Waals surface area (Å²) in [6.07, 6.45) is -1.35. The van der Waals surface area contributed by atoms with Crippen molar-refractivity contribution in [3.05, 3.63) is 46.3 Å². The van der Waals surface area contributed by atoms with Crippen molar-refractivity contribution in [1.29, 1.82) is 0 Å². The summed E-state index contributed by atoms with van der Waals surface area (Å²) < 4.78 is 44.0. The van der Waals surface area contributed by atoms with E-state index in [9.17, 15) is 18.0 Å². The molecule has 130 valence electrons. The molecule has 5 nitrogen and oxygen atoms in total. The molecule has 0 aliphatic heterocycles. The summed E-state index contributed by atoms with van der Waals surface area (Å²) >= 11 is 3.30. The van der Waals surface area contributed by atoms with E-state index in [1.165, 1.54) is 6.20 Å². The van der Waals surface area contributed by atoms with Crippen molar-refractivity contribution < 1.29 is 22.7 Å². The second-order valence-electron chi connectivity index (χ2n) is 4.88. The Morgan fingerprint density at radius 2 is 2.21 bits per heavy atom. The molecule has 0 fully saturated rings. The summed E-state index contributed by atoms with van der Waals surface area (Å²) in [4.78, 5) is 16.0. The van der Waals surface area contributed by atoms with Crippen molar-refractivity contribution in [2.24, 2.45) is 0 Å². The third-order valence-electron chi connectivity index (χ3n) is 3.10. The van der Waals surface area contributed by atoms with Crippen LogP contribution in [0.15, 0.2) is 35.1 Å². The summed E-state index contributed by atoms with van der Waals surface area (Å²) in [5, 5.41) is 2.66. The molecule has 1 N–H and O–H groups in total. The predicted octanol–water partition coefficient (Wildman–Crippen LogP) is 3.54. The maximum Gasteiger partial charge on any atom is 0.422 e. The number of pyridine rings is 1. The third-order valence-corrected chi connectivity index (χ3v) is 3.53. The van der Waals surface area contributed by atoms with Gasteiger partial charge < -0.3 is 14.6 Å². The lowest BCUT2D eigenvalue weighted by atomic mass is 10.2. The highest BCUT2D eigenvalue weighted by atomic mass is 79.9. The fourth-order valence-electron chi connectivity index (χ4n) is 2.03. The van der Waals surface area contributed by atoms with E-state index < -0.39 is 12.8 Å². The van der Waals surface area contributed by atoms with Crippen LogP contribution in [0.1, 0.15) is 23.0 Å². The normalized spacial score (nSPS) is 11.4. The van der Waals surface area contributed by atoms with Gasteiger partial charge in [-0.15, -0.1) is 0 Å². The molecule has 2 heterocycles. The highest BCUT2D eigenvalue weighted by Gasteiger charge is 2.29. The van der Waals surface area contributed by atoms with Gasteiger partial charge in [-0.3, -0.25) is 4.79 Å². The van der Waals surface area contributed by atoms with E-state index >= 15 is 0 Å². The second kappa shape index (κ2) is 7.69. The fraction of sp³-hybridized carbons (Fsp3) is 0.333. The molecule has 0 unspecified atom stereocenters. The van der Waals surface area contributed by atoms with E-state index in [1.807, 2.05) is 6.92 Å². The highest BCUT2D eigenvalue weighted by molar-refractivity contribution is 9.10. The molecular weight excluding hydrogens is 391 g/mol. The standard InChI is InChI=1S/C15H15BrF3N3O2/c1-2-22-8-11(16)6-12(22)13(23)21-7-10-4-3-5-20-14(10)24-9-15(17,18)19/h3-6,8H,2,7,9H2,1H3,(H,21,23). The number of aryl methyl sites for hydroxylation is 1. The molecule has 0 saturated carbocycles. The summed E-state index contributed by atoms with van der Waals surface area (Å²) in [5.41, 5.74) is 0.815. The van der Waals surface area contributed by atoms with Gasteiger partial charge in [0, 0.05) is 35.5 Å². The molecule has 1 amide bonds. The number of halogens is 4. The van der Waals surface area contributed by atoms with Gasteiger partial charge in [0.25, 0.3) is 5.91 Å². The van der Waals surface area contributed by atoms with Gasteiger partial charge in [0.15, 0.2) is 6.61 Å². The quantitative estimate of drug-likeness (QED) is 0.799. The first-order valence-corrected chi connectivity index (χ1v) is 7.86. The molecule has 24 heavy (non-hydrogen) atoms. The number of hydrogen-bond donors (Lipinski definition) is 1. The second-order valence-corrected chi connectivity index (χ2v) is 5.80. The number of alkyl halides is 3. The smallest absolute Gasteiger partial charge is 0.422 e. The summed E-state index contributed by atoms with van der Waals surface area (Å²) in [5.74, 6) is -0.490. The fourth-order valence-corrected chi connectivity index (χ4v) is 2.50. The van der Waals surface area contributed by atoms with Crippen LogP contribution < -0.4 is 10.1 Å². The molecule has 0 radical (unpaired) electrons. The van der Waals surface area contributed by atoms with Gasteiger partial charge >= 0.3 is 6.18 Å². The van der Waals surface area contributed by atoms with Crippen molar-refractivity contribution in [3.8, 4) is 5.88 Å². The minimum atomic E-state index is -4.45. The average molecular weight is 406 g/mol. The van der Waals surface area contributed by atoms with Crippen LogP contribution in [-0.2, 0) is 13.1 Å². The van der Waals surface area contributed by atoms with E-state index in [4.69, 9.17) is 0 Å². The van der Waals surface area contributed by atoms with E-state index in [2.05, 4.69) is 31.0 Å². The number of carbonyl (C=O) groups is 1. The van der Waals surface area contributed by atoms with E-state index in [1.54, 1.807) is 29.0 Å². The number of ether oxygens (including phenoxy) is 1. The molecule has 0 aliphatic carbocycles. The number of hydrogen-bond acceptors (Lipinski definition) is 3. The number of rotatable bonds is 6. The van der Waals surface area contributed by atoms with Crippen molar-refractivity contribution in [1.82, 2.24) is 14.9 Å². The monoisotopic (exact) mass is 405 g/mol.